The molecular formula is C19H19ClN4. The highest BCUT2D eigenvalue weighted by molar-refractivity contribution is 6.31. The number of rotatable bonds is 5. The molecule has 24 heavy (non-hydrogen) atoms. The molecule has 0 saturated carbocycles. The van der Waals surface area contributed by atoms with Gasteiger partial charge in [-0.2, -0.15) is 4.98 Å². The Kier molecular flexibility index (Phi) is 4.96. The fraction of sp³-hybridized carbons (Fsp3) is 0.158. The molecule has 2 N–H and O–H groups in total. The Bertz CT molecular complexity index is 834. The molecule has 0 unspecified atom stereocenters. The first-order chi connectivity index (χ1) is 11.6. The summed E-state index contributed by atoms with van der Waals surface area (Å²) >= 11 is 6.17. The van der Waals surface area contributed by atoms with Crippen LogP contribution in [0.1, 0.15) is 16.8 Å². The Morgan fingerprint density at radius 2 is 1.75 bits per heavy atom. The van der Waals surface area contributed by atoms with E-state index in [0.717, 1.165) is 27.8 Å². The lowest BCUT2D eigenvalue weighted by molar-refractivity contribution is 1.06. The predicted octanol–water partition coefficient (Wildman–Crippen LogP) is 5.10. The molecule has 0 fully saturated rings. The summed E-state index contributed by atoms with van der Waals surface area (Å²) in [6.45, 7) is 4.64. The molecule has 1 aromatic heterocycles. The van der Waals surface area contributed by atoms with E-state index in [1.807, 2.05) is 56.3 Å². The quantitative estimate of drug-likeness (QED) is 0.679. The van der Waals surface area contributed by atoms with Gasteiger partial charge in [0.2, 0.25) is 5.95 Å². The van der Waals surface area contributed by atoms with Crippen LogP contribution in [0, 0.1) is 13.8 Å². The molecule has 0 saturated heterocycles. The molecule has 0 amide bonds. The smallest absolute Gasteiger partial charge is 0.229 e. The minimum absolute atomic E-state index is 0.547. The molecule has 5 heteroatoms. The molecule has 0 radical (unpaired) electrons. The number of aromatic nitrogens is 2. The van der Waals surface area contributed by atoms with Crippen LogP contribution in [0.25, 0.3) is 0 Å². The van der Waals surface area contributed by atoms with Gasteiger partial charge in [0.05, 0.1) is 0 Å². The summed E-state index contributed by atoms with van der Waals surface area (Å²) in [7, 11) is 0. The third kappa shape index (κ3) is 4.24. The number of aryl methyl sites for hydroxylation is 2. The summed E-state index contributed by atoms with van der Waals surface area (Å²) in [5, 5.41) is 7.25. The number of anilines is 3. The standard InChI is InChI=1S/C19H19ClN4/c1-13-8-9-16(11-17(13)20)23-19-22-14(2)10-18(24-19)21-12-15-6-4-3-5-7-15/h3-11H,12H2,1-2H3,(H2,21,22,23,24). The van der Waals surface area contributed by atoms with Crippen molar-refractivity contribution in [1.29, 1.82) is 0 Å². The lowest BCUT2D eigenvalue weighted by Gasteiger charge is -2.11. The van der Waals surface area contributed by atoms with Crippen LogP contribution in [0.15, 0.2) is 54.6 Å². The first-order valence-corrected chi connectivity index (χ1v) is 8.14. The molecule has 0 spiro atoms. The van der Waals surface area contributed by atoms with Crippen molar-refractivity contribution in [2.75, 3.05) is 10.6 Å². The Morgan fingerprint density at radius 3 is 2.50 bits per heavy atom. The number of hydrogen-bond donors (Lipinski definition) is 2. The molecule has 0 aliphatic carbocycles. The van der Waals surface area contributed by atoms with Gasteiger partial charge >= 0.3 is 0 Å². The average Bonchev–Trinajstić information content (AvgIpc) is 2.57. The van der Waals surface area contributed by atoms with Crippen LogP contribution in [-0.2, 0) is 6.54 Å². The molecule has 122 valence electrons. The van der Waals surface area contributed by atoms with Crippen molar-refractivity contribution in [1.82, 2.24) is 9.97 Å². The van der Waals surface area contributed by atoms with Gasteiger partial charge < -0.3 is 10.6 Å². The predicted molar refractivity (Wildman–Crippen MR) is 100 cm³/mol. The number of nitrogens with one attached hydrogen (secondary N) is 2. The van der Waals surface area contributed by atoms with Crippen LogP contribution in [0.3, 0.4) is 0 Å². The number of benzene rings is 2. The van der Waals surface area contributed by atoms with E-state index in [1.165, 1.54) is 5.56 Å². The van der Waals surface area contributed by atoms with Crippen molar-refractivity contribution >= 4 is 29.1 Å². The van der Waals surface area contributed by atoms with E-state index in [-0.39, 0.29) is 0 Å². The third-order valence-corrected chi connectivity index (χ3v) is 4.01. The molecule has 0 atom stereocenters. The molecule has 0 bridgehead atoms. The average molecular weight is 339 g/mol. The van der Waals surface area contributed by atoms with Gasteiger partial charge in [0.25, 0.3) is 0 Å². The van der Waals surface area contributed by atoms with Crippen LogP contribution in [0.5, 0.6) is 0 Å². The number of halogens is 1. The van der Waals surface area contributed by atoms with E-state index in [4.69, 9.17) is 11.6 Å². The Balaban J connectivity index is 1.74. The monoisotopic (exact) mass is 338 g/mol. The first-order valence-electron chi connectivity index (χ1n) is 7.77. The van der Waals surface area contributed by atoms with Crippen molar-refractivity contribution in [3.05, 3.63) is 76.4 Å². The van der Waals surface area contributed by atoms with Gasteiger partial charge in [-0.1, -0.05) is 48.0 Å². The number of hydrogen-bond acceptors (Lipinski definition) is 4. The van der Waals surface area contributed by atoms with Gasteiger partial charge in [-0.05, 0) is 37.1 Å². The van der Waals surface area contributed by atoms with Gasteiger partial charge in [0, 0.05) is 29.0 Å². The summed E-state index contributed by atoms with van der Waals surface area (Å²) in [5.74, 6) is 1.33. The highest BCUT2D eigenvalue weighted by atomic mass is 35.5. The second-order valence-corrected chi connectivity index (χ2v) is 6.05. The van der Waals surface area contributed by atoms with Crippen molar-refractivity contribution in [3.63, 3.8) is 0 Å². The fourth-order valence-corrected chi connectivity index (χ4v) is 2.48. The molecule has 0 aliphatic rings. The van der Waals surface area contributed by atoms with Crippen molar-refractivity contribution < 1.29 is 0 Å². The maximum atomic E-state index is 6.17. The summed E-state index contributed by atoms with van der Waals surface area (Å²) < 4.78 is 0. The number of nitrogens with zero attached hydrogens (tertiary/aromatic N) is 2. The zero-order valence-electron chi connectivity index (χ0n) is 13.7. The minimum Gasteiger partial charge on any atom is -0.366 e. The molecular weight excluding hydrogens is 320 g/mol. The van der Waals surface area contributed by atoms with E-state index in [9.17, 15) is 0 Å². The van der Waals surface area contributed by atoms with E-state index < -0.39 is 0 Å². The van der Waals surface area contributed by atoms with E-state index >= 15 is 0 Å². The molecule has 0 aliphatic heterocycles. The van der Waals surface area contributed by atoms with Gasteiger partial charge in [0.1, 0.15) is 5.82 Å². The lowest BCUT2D eigenvalue weighted by Crippen LogP contribution is -2.05. The summed E-state index contributed by atoms with van der Waals surface area (Å²) in [6, 6.07) is 17.9. The zero-order valence-corrected chi connectivity index (χ0v) is 14.4. The SMILES string of the molecule is Cc1cc(NCc2ccccc2)nc(Nc2ccc(C)c(Cl)c2)n1. The maximum Gasteiger partial charge on any atom is 0.229 e. The second-order valence-electron chi connectivity index (χ2n) is 5.65. The first kappa shape index (κ1) is 16.3. The summed E-state index contributed by atoms with van der Waals surface area (Å²) in [4.78, 5) is 8.95. The maximum absolute atomic E-state index is 6.17. The highest BCUT2D eigenvalue weighted by Gasteiger charge is 2.04. The van der Waals surface area contributed by atoms with Crippen LogP contribution >= 0.6 is 11.6 Å². The van der Waals surface area contributed by atoms with Crippen LogP contribution in [0.4, 0.5) is 17.5 Å². The van der Waals surface area contributed by atoms with Crippen LogP contribution < -0.4 is 10.6 Å². The highest BCUT2D eigenvalue weighted by Crippen LogP contribution is 2.22. The molecule has 3 aromatic rings. The molecule has 4 nitrogen and oxygen atoms in total. The Labute approximate surface area is 146 Å². The molecule has 2 aromatic carbocycles. The zero-order chi connectivity index (χ0) is 16.9. The van der Waals surface area contributed by atoms with E-state index in [2.05, 4.69) is 32.7 Å². The van der Waals surface area contributed by atoms with Crippen molar-refractivity contribution in [2.45, 2.75) is 20.4 Å². The molecule has 3 rings (SSSR count). The van der Waals surface area contributed by atoms with Crippen molar-refractivity contribution in [3.8, 4) is 0 Å². The minimum atomic E-state index is 0.547. The summed E-state index contributed by atoms with van der Waals surface area (Å²) in [6.07, 6.45) is 0. The molecule has 1 heterocycles. The van der Waals surface area contributed by atoms with Crippen LogP contribution in [0.2, 0.25) is 5.02 Å². The van der Waals surface area contributed by atoms with E-state index in [1.54, 1.807) is 0 Å². The summed E-state index contributed by atoms with van der Waals surface area (Å²) in [5.41, 5.74) is 4.00. The lowest BCUT2D eigenvalue weighted by atomic mass is 10.2. The second kappa shape index (κ2) is 7.32. The normalized spacial score (nSPS) is 10.5. The third-order valence-electron chi connectivity index (χ3n) is 3.60. The van der Waals surface area contributed by atoms with Gasteiger partial charge in [-0.25, -0.2) is 4.98 Å². The van der Waals surface area contributed by atoms with Gasteiger partial charge in [0.15, 0.2) is 0 Å². The topological polar surface area (TPSA) is 49.8 Å². The Hall–Kier alpha value is -2.59. The Morgan fingerprint density at radius 1 is 0.958 bits per heavy atom. The van der Waals surface area contributed by atoms with Gasteiger partial charge in [-0.15, -0.1) is 0 Å². The van der Waals surface area contributed by atoms with Crippen molar-refractivity contribution in [2.24, 2.45) is 0 Å². The fourth-order valence-electron chi connectivity index (χ4n) is 2.30. The van der Waals surface area contributed by atoms with Crippen LogP contribution in [-0.4, -0.2) is 9.97 Å². The van der Waals surface area contributed by atoms with E-state index in [0.29, 0.717) is 12.5 Å². The van der Waals surface area contributed by atoms with Gasteiger partial charge in [-0.3, -0.25) is 0 Å². The largest absolute Gasteiger partial charge is 0.366 e.